The van der Waals surface area contributed by atoms with Crippen molar-refractivity contribution in [3.8, 4) is 17.3 Å². The molecule has 0 fully saturated rings. The molecule has 0 unspecified atom stereocenters. The van der Waals surface area contributed by atoms with Gasteiger partial charge in [-0.1, -0.05) is 32.0 Å². The van der Waals surface area contributed by atoms with Crippen LogP contribution in [0.15, 0.2) is 53.6 Å². The van der Waals surface area contributed by atoms with Crippen LogP contribution in [0.25, 0.3) is 17.3 Å². The molecule has 1 amide bonds. The molecule has 4 aromatic rings. The molecule has 0 atom stereocenters. The SMILES string of the molecule is CC(C)(C)c1noc(-c2ccnc(-n3cnc(C(=O)NCc4ccc(F)cc4F)c3)c2)n1. The first-order valence-corrected chi connectivity index (χ1v) is 9.78. The Hall–Kier alpha value is -3.95. The van der Waals surface area contributed by atoms with E-state index in [0.717, 1.165) is 12.1 Å². The summed E-state index contributed by atoms with van der Waals surface area (Å²) in [4.78, 5) is 25.2. The van der Waals surface area contributed by atoms with Gasteiger partial charge in [0, 0.05) is 41.5 Å². The highest BCUT2D eigenvalue weighted by Crippen LogP contribution is 2.24. The van der Waals surface area contributed by atoms with Crippen LogP contribution >= 0.6 is 0 Å². The molecule has 10 heteroatoms. The first-order valence-electron chi connectivity index (χ1n) is 9.78. The smallest absolute Gasteiger partial charge is 0.271 e. The minimum Gasteiger partial charge on any atom is -0.346 e. The topological polar surface area (TPSA) is 98.7 Å². The lowest BCUT2D eigenvalue weighted by Gasteiger charge is -2.10. The summed E-state index contributed by atoms with van der Waals surface area (Å²) in [6, 6.07) is 6.65. The van der Waals surface area contributed by atoms with Crippen molar-refractivity contribution in [1.82, 2.24) is 30.0 Å². The molecule has 0 spiro atoms. The van der Waals surface area contributed by atoms with Crippen LogP contribution in [0.2, 0.25) is 0 Å². The predicted molar refractivity (Wildman–Crippen MR) is 111 cm³/mol. The van der Waals surface area contributed by atoms with Crippen molar-refractivity contribution < 1.29 is 18.1 Å². The Balaban J connectivity index is 1.49. The van der Waals surface area contributed by atoms with Gasteiger partial charge in [-0.2, -0.15) is 4.98 Å². The van der Waals surface area contributed by atoms with Gasteiger partial charge in [0.15, 0.2) is 5.82 Å². The highest BCUT2D eigenvalue weighted by atomic mass is 19.1. The monoisotopic (exact) mass is 438 g/mol. The van der Waals surface area contributed by atoms with Crippen molar-refractivity contribution in [1.29, 1.82) is 0 Å². The van der Waals surface area contributed by atoms with Crippen LogP contribution in [0, 0.1) is 11.6 Å². The summed E-state index contributed by atoms with van der Waals surface area (Å²) in [5.74, 6) is -0.471. The minimum atomic E-state index is -0.729. The van der Waals surface area contributed by atoms with Crippen LogP contribution in [0.3, 0.4) is 0 Å². The standard InChI is InChI=1S/C22H20F2N6O2/c1-22(2,3)21-28-20(32-29-21)13-6-7-25-18(8-13)30-11-17(27-12-30)19(31)26-10-14-4-5-15(23)9-16(14)24/h4-9,11-12H,10H2,1-3H3,(H,26,31). The van der Waals surface area contributed by atoms with Crippen LogP contribution in [0.5, 0.6) is 0 Å². The maximum Gasteiger partial charge on any atom is 0.271 e. The fourth-order valence-corrected chi connectivity index (χ4v) is 2.83. The minimum absolute atomic E-state index is 0.0984. The Morgan fingerprint density at radius 3 is 2.69 bits per heavy atom. The number of nitrogens with one attached hydrogen (secondary N) is 1. The van der Waals surface area contributed by atoms with Crippen molar-refractivity contribution in [2.45, 2.75) is 32.7 Å². The molecule has 1 N–H and O–H groups in total. The fraction of sp³-hybridized carbons (Fsp3) is 0.227. The molecular formula is C22H20F2N6O2. The molecule has 4 rings (SSSR count). The second kappa shape index (κ2) is 8.29. The highest BCUT2D eigenvalue weighted by Gasteiger charge is 2.22. The highest BCUT2D eigenvalue weighted by molar-refractivity contribution is 5.92. The molecular weight excluding hydrogens is 418 g/mol. The number of carbonyl (C=O) groups is 1. The number of aromatic nitrogens is 5. The first kappa shape index (κ1) is 21.3. The summed E-state index contributed by atoms with van der Waals surface area (Å²) in [5, 5.41) is 6.59. The molecule has 0 aliphatic carbocycles. The molecule has 164 valence electrons. The molecule has 0 saturated heterocycles. The fourth-order valence-electron chi connectivity index (χ4n) is 2.83. The zero-order valence-electron chi connectivity index (χ0n) is 17.6. The van der Waals surface area contributed by atoms with Gasteiger partial charge in [0.2, 0.25) is 0 Å². The van der Waals surface area contributed by atoms with Gasteiger partial charge in [-0.25, -0.2) is 18.7 Å². The van der Waals surface area contributed by atoms with Crippen LogP contribution < -0.4 is 5.32 Å². The van der Waals surface area contributed by atoms with Crippen LogP contribution in [-0.4, -0.2) is 30.6 Å². The van der Waals surface area contributed by atoms with E-state index < -0.39 is 17.5 Å². The summed E-state index contributed by atoms with van der Waals surface area (Å²) < 4.78 is 33.7. The van der Waals surface area contributed by atoms with E-state index >= 15 is 0 Å². The van der Waals surface area contributed by atoms with E-state index in [1.54, 1.807) is 22.9 Å². The summed E-state index contributed by atoms with van der Waals surface area (Å²) in [6.45, 7) is 5.87. The molecule has 3 heterocycles. The van der Waals surface area contributed by atoms with Crippen molar-refractivity contribution >= 4 is 5.91 Å². The third-order valence-electron chi connectivity index (χ3n) is 4.62. The lowest BCUT2D eigenvalue weighted by Crippen LogP contribution is -2.23. The number of hydrogen-bond acceptors (Lipinski definition) is 6. The van der Waals surface area contributed by atoms with E-state index in [9.17, 15) is 13.6 Å². The van der Waals surface area contributed by atoms with Gasteiger partial charge in [0.05, 0.1) is 0 Å². The second-order valence-electron chi connectivity index (χ2n) is 8.16. The number of imidazole rings is 1. The van der Waals surface area contributed by atoms with E-state index in [0.29, 0.717) is 23.1 Å². The second-order valence-corrected chi connectivity index (χ2v) is 8.16. The van der Waals surface area contributed by atoms with Gasteiger partial charge >= 0.3 is 0 Å². The number of carbonyl (C=O) groups excluding carboxylic acids is 1. The maximum atomic E-state index is 13.7. The molecule has 32 heavy (non-hydrogen) atoms. The normalized spacial score (nSPS) is 11.5. The number of pyridine rings is 1. The van der Waals surface area contributed by atoms with E-state index in [4.69, 9.17) is 4.52 Å². The Bertz CT molecular complexity index is 1280. The largest absolute Gasteiger partial charge is 0.346 e. The van der Waals surface area contributed by atoms with E-state index in [1.807, 2.05) is 20.8 Å². The zero-order valence-corrected chi connectivity index (χ0v) is 17.6. The molecule has 0 aliphatic heterocycles. The summed E-state index contributed by atoms with van der Waals surface area (Å²) in [7, 11) is 0. The lowest BCUT2D eigenvalue weighted by atomic mass is 9.96. The number of rotatable bonds is 5. The Morgan fingerprint density at radius 1 is 1.16 bits per heavy atom. The lowest BCUT2D eigenvalue weighted by molar-refractivity contribution is 0.0946. The average Bonchev–Trinajstić information content (AvgIpc) is 3.43. The maximum absolute atomic E-state index is 13.7. The predicted octanol–water partition coefficient (Wildman–Crippen LogP) is 3.82. The molecule has 0 bridgehead atoms. The van der Waals surface area contributed by atoms with Gasteiger partial charge in [0.25, 0.3) is 11.8 Å². The van der Waals surface area contributed by atoms with E-state index in [-0.39, 0.29) is 23.2 Å². The summed E-state index contributed by atoms with van der Waals surface area (Å²) in [5.41, 5.74) is 0.709. The van der Waals surface area contributed by atoms with E-state index in [2.05, 4.69) is 25.4 Å². The van der Waals surface area contributed by atoms with Gasteiger partial charge in [0.1, 0.15) is 29.5 Å². The number of benzene rings is 1. The number of amides is 1. The van der Waals surface area contributed by atoms with Crippen LogP contribution in [-0.2, 0) is 12.0 Å². The molecule has 3 aromatic heterocycles. The van der Waals surface area contributed by atoms with Gasteiger partial charge in [-0.05, 0) is 18.2 Å². The molecule has 8 nitrogen and oxygen atoms in total. The Labute approximate surface area is 182 Å². The van der Waals surface area contributed by atoms with E-state index in [1.165, 1.54) is 18.6 Å². The van der Waals surface area contributed by atoms with Crippen LogP contribution in [0.4, 0.5) is 8.78 Å². The van der Waals surface area contributed by atoms with Crippen LogP contribution in [0.1, 0.15) is 42.6 Å². The Morgan fingerprint density at radius 2 is 1.97 bits per heavy atom. The van der Waals surface area contributed by atoms with Crippen molar-refractivity contribution in [2.24, 2.45) is 0 Å². The number of nitrogens with zero attached hydrogens (tertiary/aromatic N) is 5. The Kier molecular flexibility index (Phi) is 5.52. The van der Waals surface area contributed by atoms with Gasteiger partial charge in [-0.3, -0.25) is 9.36 Å². The van der Waals surface area contributed by atoms with Crippen molar-refractivity contribution in [2.75, 3.05) is 0 Å². The quantitative estimate of drug-likeness (QED) is 0.509. The van der Waals surface area contributed by atoms with Gasteiger partial charge < -0.3 is 9.84 Å². The number of halogens is 2. The summed E-state index contributed by atoms with van der Waals surface area (Å²) in [6.07, 6.45) is 4.52. The van der Waals surface area contributed by atoms with Crippen molar-refractivity contribution in [3.05, 3.63) is 77.8 Å². The molecule has 0 aliphatic rings. The molecule has 0 radical (unpaired) electrons. The third kappa shape index (κ3) is 4.53. The number of hydrogen-bond donors (Lipinski definition) is 1. The zero-order chi connectivity index (χ0) is 22.9. The molecule has 1 aromatic carbocycles. The van der Waals surface area contributed by atoms with Crippen molar-refractivity contribution in [3.63, 3.8) is 0 Å². The van der Waals surface area contributed by atoms with Gasteiger partial charge in [-0.15, -0.1) is 0 Å². The average molecular weight is 438 g/mol. The first-order chi connectivity index (χ1) is 15.2. The molecule has 0 saturated carbocycles. The summed E-state index contributed by atoms with van der Waals surface area (Å²) >= 11 is 0. The third-order valence-corrected chi connectivity index (χ3v) is 4.62.